The average Bonchev–Trinajstić information content (AvgIpc) is 3.14. The number of rotatable bonds is 2. The Hall–Kier alpha value is -3.57. The Labute approximate surface area is 194 Å². The van der Waals surface area contributed by atoms with Crippen molar-refractivity contribution in [2.45, 2.75) is 19.3 Å². The predicted molar refractivity (Wildman–Crippen MR) is 124 cm³/mol. The van der Waals surface area contributed by atoms with Crippen LogP contribution in [0.4, 0.5) is 20.2 Å². The number of Topliss-reactive ketones (excluding diaryl/α,β-unsaturated/α-hetero) is 2. The van der Waals surface area contributed by atoms with Gasteiger partial charge in [-0.25, -0.2) is 8.78 Å². The van der Waals surface area contributed by atoms with Gasteiger partial charge < -0.3 is 4.90 Å². The van der Waals surface area contributed by atoms with Crippen LogP contribution >= 0.6 is 11.6 Å². The van der Waals surface area contributed by atoms with Crippen molar-refractivity contribution in [3.8, 4) is 0 Å². The van der Waals surface area contributed by atoms with Crippen LogP contribution in [0.5, 0.6) is 0 Å². The summed E-state index contributed by atoms with van der Waals surface area (Å²) >= 11 is 6.24. The molecule has 0 spiro atoms. The van der Waals surface area contributed by atoms with E-state index in [1.807, 2.05) is 13.8 Å². The van der Waals surface area contributed by atoms with E-state index in [1.165, 1.54) is 29.2 Å². The standard InChI is InChI=1S/C27H18ClF2NO2/c1-27(2)19-14-15(28)10-12-22(19)31(24-20(29)8-5-9-21(24)30)23(27)13-11-18-25(32)16-6-3-4-7-17(16)26(18)33/h3-14H,1-2H3/b23-13+. The zero-order chi connectivity index (χ0) is 23.5. The van der Waals surface area contributed by atoms with Gasteiger partial charge in [0.05, 0.1) is 11.3 Å². The van der Waals surface area contributed by atoms with Crippen LogP contribution < -0.4 is 4.90 Å². The van der Waals surface area contributed by atoms with Crippen molar-refractivity contribution < 1.29 is 18.4 Å². The Balaban J connectivity index is 1.72. The van der Waals surface area contributed by atoms with Crippen LogP contribution in [0.25, 0.3) is 0 Å². The molecule has 5 rings (SSSR count). The molecule has 3 aromatic carbocycles. The summed E-state index contributed by atoms with van der Waals surface area (Å²) in [6, 6.07) is 15.4. The number of halogens is 3. The summed E-state index contributed by atoms with van der Waals surface area (Å²) in [6.45, 7) is 3.80. The van der Waals surface area contributed by atoms with Crippen molar-refractivity contribution in [1.82, 2.24) is 0 Å². The van der Waals surface area contributed by atoms with Gasteiger partial charge in [0.1, 0.15) is 17.3 Å². The van der Waals surface area contributed by atoms with Crippen LogP contribution in [0.15, 0.2) is 84.1 Å². The highest BCUT2D eigenvalue weighted by Crippen LogP contribution is 2.52. The van der Waals surface area contributed by atoms with Crippen LogP contribution in [0, 0.1) is 11.6 Å². The third-order valence-electron chi connectivity index (χ3n) is 6.23. The minimum atomic E-state index is -0.729. The van der Waals surface area contributed by atoms with Gasteiger partial charge in [-0.05, 0) is 48.0 Å². The number of carbonyl (C=O) groups excluding carboxylic acids is 2. The summed E-state index contributed by atoms with van der Waals surface area (Å²) < 4.78 is 29.8. The minimum Gasteiger partial charge on any atom is -0.308 e. The summed E-state index contributed by atoms with van der Waals surface area (Å²) in [5.74, 6) is -2.19. The normalized spacial score (nSPS) is 17.5. The second kappa shape index (κ2) is 7.49. The van der Waals surface area contributed by atoms with Gasteiger partial charge in [0.25, 0.3) is 0 Å². The van der Waals surface area contributed by atoms with E-state index in [0.29, 0.717) is 27.5 Å². The van der Waals surface area contributed by atoms with Gasteiger partial charge in [-0.3, -0.25) is 9.59 Å². The predicted octanol–water partition coefficient (Wildman–Crippen LogP) is 6.94. The highest BCUT2D eigenvalue weighted by Gasteiger charge is 2.43. The molecule has 2 aliphatic rings. The van der Waals surface area contributed by atoms with Gasteiger partial charge in [0.2, 0.25) is 0 Å². The molecule has 0 unspecified atom stereocenters. The molecule has 33 heavy (non-hydrogen) atoms. The summed E-state index contributed by atoms with van der Waals surface area (Å²) in [5, 5.41) is 0.493. The van der Waals surface area contributed by atoms with Crippen LogP contribution in [0.3, 0.4) is 0 Å². The van der Waals surface area contributed by atoms with E-state index in [9.17, 15) is 18.4 Å². The molecule has 3 aromatic rings. The van der Waals surface area contributed by atoms with Crippen molar-refractivity contribution in [2.24, 2.45) is 0 Å². The maximum atomic E-state index is 14.9. The Morgan fingerprint density at radius 3 is 2.06 bits per heavy atom. The lowest BCUT2D eigenvalue weighted by Gasteiger charge is -2.27. The molecule has 0 amide bonds. The molecular formula is C27H18ClF2NO2. The topological polar surface area (TPSA) is 37.4 Å². The number of para-hydroxylation sites is 1. The molecule has 1 aliphatic heterocycles. The quantitative estimate of drug-likeness (QED) is 0.306. The van der Waals surface area contributed by atoms with Gasteiger partial charge in [-0.1, -0.05) is 55.8 Å². The van der Waals surface area contributed by atoms with Crippen LogP contribution in [0.1, 0.15) is 40.1 Å². The minimum absolute atomic E-state index is 0.0162. The van der Waals surface area contributed by atoms with Gasteiger partial charge in [0.15, 0.2) is 11.6 Å². The van der Waals surface area contributed by atoms with E-state index >= 15 is 0 Å². The van der Waals surface area contributed by atoms with Crippen molar-refractivity contribution in [3.63, 3.8) is 0 Å². The molecule has 1 heterocycles. The first kappa shape index (κ1) is 21.3. The van der Waals surface area contributed by atoms with Gasteiger partial charge >= 0.3 is 0 Å². The molecule has 0 fully saturated rings. The lowest BCUT2D eigenvalue weighted by molar-refractivity contribution is 0.0988. The molecular weight excluding hydrogens is 444 g/mol. The molecule has 0 bridgehead atoms. The Bertz CT molecular complexity index is 1360. The fraction of sp³-hybridized carbons (Fsp3) is 0.111. The number of carbonyl (C=O) groups is 2. The van der Waals surface area contributed by atoms with E-state index in [2.05, 4.69) is 0 Å². The van der Waals surface area contributed by atoms with Crippen molar-refractivity contribution >= 4 is 34.5 Å². The molecule has 3 nitrogen and oxygen atoms in total. The van der Waals surface area contributed by atoms with Crippen LogP contribution in [-0.2, 0) is 5.41 Å². The largest absolute Gasteiger partial charge is 0.308 e. The van der Waals surface area contributed by atoms with E-state index in [0.717, 1.165) is 5.56 Å². The van der Waals surface area contributed by atoms with E-state index in [-0.39, 0.29) is 22.8 Å². The summed E-state index contributed by atoms with van der Waals surface area (Å²) in [5.41, 5.74) is 1.62. The van der Waals surface area contributed by atoms with Crippen molar-refractivity contribution in [1.29, 1.82) is 0 Å². The molecule has 0 radical (unpaired) electrons. The SMILES string of the molecule is CC1(C)/C(=C\C=C2C(=O)c3ccccc3C2=O)N(c2c(F)cccc2F)c2ccc(Cl)cc21. The monoisotopic (exact) mass is 461 g/mol. The lowest BCUT2D eigenvalue weighted by Crippen LogP contribution is -2.24. The molecule has 0 saturated carbocycles. The second-order valence-electron chi connectivity index (χ2n) is 8.53. The molecule has 0 N–H and O–H groups in total. The fourth-order valence-electron chi connectivity index (χ4n) is 4.56. The molecule has 0 aromatic heterocycles. The number of benzene rings is 3. The second-order valence-corrected chi connectivity index (χ2v) is 8.96. The van der Waals surface area contributed by atoms with Gasteiger partial charge in [-0.15, -0.1) is 0 Å². The average molecular weight is 462 g/mol. The Kier molecular flexibility index (Phi) is 4.83. The zero-order valence-electron chi connectivity index (χ0n) is 17.8. The van der Waals surface area contributed by atoms with Gasteiger partial charge in [-0.2, -0.15) is 0 Å². The number of allylic oxidation sites excluding steroid dienone is 4. The number of hydrogen-bond acceptors (Lipinski definition) is 3. The van der Waals surface area contributed by atoms with Crippen molar-refractivity contribution in [3.05, 3.63) is 117 Å². The summed E-state index contributed by atoms with van der Waals surface area (Å²) in [7, 11) is 0. The molecule has 1 aliphatic carbocycles. The first-order valence-electron chi connectivity index (χ1n) is 10.4. The molecule has 164 valence electrons. The molecule has 0 atom stereocenters. The zero-order valence-corrected chi connectivity index (χ0v) is 18.6. The highest BCUT2D eigenvalue weighted by molar-refractivity contribution is 6.39. The Morgan fingerprint density at radius 1 is 0.848 bits per heavy atom. The molecule has 0 saturated heterocycles. The smallest absolute Gasteiger partial charge is 0.197 e. The number of nitrogens with zero attached hydrogens (tertiary/aromatic N) is 1. The number of ketones is 2. The maximum Gasteiger partial charge on any atom is 0.197 e. The number of fused-ring (bicyclic) bond motifs is 2. The highest BCUT2D eigenvalue weighted by atomic mass is 35.5. The van der Waals surface area contributed by atoms with Crippen LogP contribution in [-0.4, -0.2) is 11.6 Å². The molecule has 6 heteroatoms. The fourth-order valence-corrected chi connectivity index (χ4v) is 4.74. The summed E-state index contributed by atoms with van der Waals surface area (Å²) in [4.78, 5) is 27.1. The lowest BCUT2D eigenvalue weighted by atomic mass is 9.83. The van der Waals surface area contributed by atoms with E-state index in [4.69, 9.17) is 11.6 Å². The van der Waals surface area contributed by atoms with Crippen molar-refractivity contribution in [2.75, 3.05) is 4.90 Å². The third kappa shape index (κ3) is 3.15. The van der Waals surface area contributed by atoms with E-state index < -0.39 is 17.0 Å². The third-order valence-corrected chi connectivity index (χ3v) is 6.46. The Morgan fingerprint density at radius 2 is 1.45 bits per heavy atom. The van der Waals surface area contributed by atoms with Gasteiger partial charge in [0, 0.05) is 27.3 Å². The van der Waals surface area contributed by atoms with Crippen LogP contribution in [0.2, 0.25) is 5.02 Å². The summed E-state index contributed by atoms with van der Waals surface area (Å²) in [6.07, 6.45) is 3.04. The maximum absolute atomic E-state index is 14.9. The first-order valence-corrected chi connectivity index (χ1v) is 10.7. The first-order chi connectivity index (χ1) is 15.7. The number of anilines is 2. The van der Waals surface area contributed by atoms with E-state index in [1.54, 1.807) is 48.5 Å². The number of hydrogen-bond donors (Lipinski definition) is 0.